The van der Waals surface area contributed by atoms with E-state index in [-0.39, 0.29) is 5.56 Å². The number of aryl methyl sites for hydroxylation is 1. The average Bonchev–Trinajstić information content (AvgIpc) is 2.41. The summed E-state index contributed by atoms with van der Waals surface area (Å²) in [4.78, 5) is 12.1. The zero-order valence-electron chi connectivity index (χ0n) is 10.3. The normalized spacial score (nSPS) is 10.9. The number of rotatable bonds is 6. The monoisotopic (exact) mass is 264 g/mol. The number of fused-ring (bicyclic) bond motifs is 1. The van der Waals surface area contributed by atoms with Crippen LogP contribution in [0.1, 0.15) is 25.7 Å². The second-order valence-electron chi connectivity index (χ2n) is 4.36. The van der Waals surface area contributed by atoms with E-state index in [1.54, 1.807) is 10.9 Å². The van der Waals surface area contributed by atoms with Gasteiger partial charge in [0.2, 0.25) is 0 Å². The van der Waals surface area contributed by atoms with Gasteiger partial charge in [-0.15, -0.1) is 11.6 Å². The molecule has 0 fully saturated rings. The maximum Gasteiger partial charge on any atom is 0.274 e. The average molecular weight is 265 g/mol. The summed E-state index contributed by atoms with van der Waals surface area (Å²) in [6.07, 6.45) is 5.98. The minimum Gasteiger partial charge on any atom is -0.267 e. The molecule has 0 aliphatic heterocycles. The fraction of sp³-hybridized carbons (Fsp3) is 0.429. The molecule has 3 nitrogen and oxygen atoms in total. The van der Waals surface area contributed by atoms with Crippen LogP contribution in [0.5, 0.6) is 0 Å². The van der Waals surface area contributed by atoms with Crippen molar-refractivity contribution in [1.29, 1.82) is 0 Å². The van der Waals surface area contributed by atoms with Crippen LogP contribution in [0.4, 0.5) is 0 Å². The van der Waals surface area contributed by atoms with E-state index >= 15 is 0 Å². The molecule has 0 aliphatic carbocycles. The molecule has 0 N–H and O–H groups in total. The van der Waals surface area contributed by atoms with Gasteiger partial charge in [-0.05, 0) is 18.9 Å². The third-order valence-electron chi connectivity index (χ3n) is 3.02. The Bertz CT molecular complexity index is 565. The second-order valence-corrected chi connectivity index (χ2v) is 4.74. The first kappa shape index (κ1) is 13.1. The number of nitrogens with zero attached hydrogens (tertiary/aromatic N) is 2. The second kappa shape index (κ2) is 6.55. The molecule has 0 amide bonds. The van der Waals surface area contributed by atoms with Gasteiger partial charge in [-0.3, -0.25) is 4.79 Å². The van der Waals surface area contributed by atoms with Crippen LogP contribution >= 0.6 is 11.6 Å². The van der Waals surface area contributed by atoms with Crippen molar-refractivity contribution in [3.63, 3.8) is 0 Å². The Hall–Kier alpha value is -1.35. The van der Waals surface area contributed by atoms with Crippen molar-refractivity contribution in [2.75, 3.05) is 5.88 Å². The lowest BCUT2D eigenvalue weighted by atomic mass is 10.2. The highest BCUT2D eigenvalue weighted by atomic mass is 35.5. The summed E-state index contributed by atoms with van der Waals surface area (Å²) < 4.78 is 1.56. The Kier molecular flexibility index (Phi) is 4.76. The van der Waals surface area contributed by atoms with Crippen LogP contribution in [0.15, 0.2) is 35.3 Å². The highest BCUT2D eigenvalue weighted by Gasteiger charge is 2.02. The summed E-state index contributed by atoms with van der Waals surface area (Å²) in [5.74, 6) is 0.716. The number of unbranched alkanes of at least 4 members (excludes halogenated alkanes) is 3. The van der Waals surface area contributed by atoms with Crippen LogP contribution in [-0.4, -0.2) is 15.7 Å². The SMILES string of the molecule is O=c1c2ccccc2cnn1CCCCCCCl. The molecular weight excluding hydrogens is 248 g/mol. The third-order valence-corrected chi connectivity index (χ3v) is 3.28. The maximum absolute atomic E-state index is 12.1. The van der Waals surface area contributed by atoms with Crippen LogP contribution in [0, 0.1) is 0 Å². The molecule has 2 rings (SSSR count). The summed E-state index contributed by atoms with van der Waals surface area (Å²) in [6.45, 7) is 0.686. The van der Waals surface area contributed by atoms with E-state index < -0.39 is 0 Å². The summed E-state index contributed by atoms with van der Waals surface area (Å²) in [6, 6.07) is 7.56. The van der Waals surface area contributed by atoms with Gasteiger partial charge in [0.25, 0.3) is 5.56 Å². The van der Waals surface area contributed by atoms with E-state index in [1.807, 2.05) is 24.3 Å². The Balaban J connectivity index is 2.05. The maximum atomic E-state index is 12.1. The van der Waals surface area contributed by atoms with Gasteiger partial charge < -0.3 is 0 Å². The number of halogens is 1. The molecular formula is C14H17ClN2O. The molecule has 0 saturated carbocycles. The van der Waals surface area contributed by atoms with Gasteiger partial charge in [0.1, 0.15) is 0 Å². The van der Waals surface area contributed by atoms with Crippen molar-refractivity contribution in [2.45, 2.75) is 32.2 Å². The topological polar surface area (TPSA) is 34.9 Å². The van der Waals surface area contributed by atoms with Crippen molar-refractivity contribution < 1.29 is 0 Å². The lowest BCUT2D eigenvalue weighted by Gasteiger charge is -2.05. The van der Waals surface area contributed by atoms with E-state index in [4.69, 9.17) is 11.6 Å². The van der Waals surface area contributed by atoms with Crippen molar-refractivity contribution >= 4 is 22.4 Å². The molecule has 96 valence electrons. The molecule has 0 atom stereocenters. The molecule has 0 unspecified atom stereocenters. The lowest BCUT2D eigenvalue weighted by molar-refractivity contribution is 0.523. The van der Waals surface area contributed by atoms with Crippen LogP contribution in [0.2, 0.25) is 0 Å². The Morgan fingerprint density at radius 2 is 1.89 bits per heavy atom. The van der Waals surface area contributed by atoms with Crippen molar-refractivity contribution in [3.8, 4) is 0 Å². The predicted molar refractivity (Wildman–Crippen MR) is 75.2 cm³/mol. The third kappa shape index (κ3) is 3.10. The van der Waals surface area contributed by atoms with E-state index in [2.05, 4.69) is 5.10 Å². The van der Waals surface area contributed by atoms with Gasteiger partial charge in [-0.2, -0.15) is 5.10 Å². The molecule has 0 bridgehead atoms. The van der Waals surface area contributed by atoms with E-state index in [9.17, 15) is 4.79 Å². The van der Waals surface area contributed by atoms with Crippen LogP contribution in [0.25, 0.3) is 10.8 Å². The van der Waals surface area contributed by atoms with Crippen LogP contribution in [0.3, 0.4) is 0 Å². The molecule has 4 heteroatoms. The van der Waals surface area contributed by atoms with Gasteiger partial charge in [0.05, 0.1) is 11.6 Å². The fourth-order valence-corrected chi connectivity index (χ4v) is 2.19. The zero-order valence-corrected chi connectivity index (χ0v) is 11.1. The van der Waals surface area contributed by atoms with Crippen LogP contribution in [-0.2, 0) is 6.54 Å². The van der Waals surface area contributed by atoms with Gasteiger partial charge >= 0.3 is 0 Å². The van der Waals surface area contributed by atoms with E-state index in [0.717, 1.165) is 36.5 Å². The fourth-order valence-electron chi connectivity index (χ4n) is 2.00. The molecule has 0 aliphatic rings. The van der Waals surface area contributed by atoms with Crippen molar-refractivity contribution in [3.05, 3.63) is 40.8 Å². The van der Waals surface area contributed by atoms with Crippen molar-refractivity contribution in [1.82, 2.24) is 9.78 Å². The quantitative estimate of drug-likeness (QED) is 0.593. The summed E-state index contributed by atoms with van der Waals surface area (Å²) in [7, 11) is 0. The molecule has 0 saturated heterocycles. The highest BCUT2D eigenvalue weighted by molar-refractivity contribution is 6.17. The Morgan fingerprint density at radius 1 is 1.11 bits per heavy atom. The minimum absolute atomic E-state index is 0.00504. The smallest absolute Gasteiger partial charge is 0.267 e. The first-order chi connectivity index (χ1) is 8.83. The lowest BCUT2D eigenvalue weighted by Crippen LogP contribution is -2.22. The van der Waals surface area contributed by atoms with Crippen molar-refractivity contribution in [2.24, 2.45) is 0 Å². The van der Waals surface area contributed by atoms with Gasteiger partial charge in [0.15, 0.2) is 0 Å². The van der Waals surface area contributed by atoms with Gasteiger partial charge in [-0.25, -0.2) is 4.68 Å². The number of alkyl halides is 1. The summed E-state index contributed by atoms with van der Waals surface area (Å²) in [5, 5.41) is 5.85. The molecule has 1 aromatic heterocycles. The number of aromatic nitrogens is 2. The first-order valence-electron chi connectivity index (χ1n) is 6.34. The minimum atomic E-state index is 0.00504. The number of benzene rings is 1. The number of hydrogen-bond donors (Lipinski definition) is 0. The first-order valence-corrected chi connectivity index (χ1v) is 6.87. The van der Waals surface area contributed by atoms with E-state index in [0.29, 0.717) is 12.4 Å². The van der Waals surface area contributed by atoms with Gasteiger partial charge in [-0.1, -0.05) is 31.0 Å². The molecule has 1 aromatic carbocycles. The largest absolute Gasteiger partial charge is 0.274 e. The predicted octanol–water partition coefficient (Wildman–Crippen LogP) is 3.20. The number of hydrogen-bond acceptors (Lipinski definition) is 2. The van der Waals surface area contributed by atoms with E-state index in [1.165, 1.54) is 0 Å². The highest BCUT2D eigenvalue weighted by Crippen LogP contribution is 2.07. The summed E-state index contributed by atoms with van der Waals surface area (Å²) >= 11 is 5.62. The molecule has 18 heavy (non-hydrogen) atoms. The molecule has 1 heterocycles. The zero-order chi connectivity index (χ0) is 12.8. The summed E-state index contributed by atoms with van der Waals surface area (Å²) in [5.41, 5.74) is 0.00504. The molecule has 0 radical (unpaired) electrons. The Morgan fingerprint density at radius 3 is 2.72 bits per heavy atom. The van der Waals surface area contributed by atoms with Crippen LogP contribution < -0.4 is 5.56 Å². The van der Waals surface area contributed by atoms with Gasteiger partial charge in [0, 0.05) is 17.8 Å². The molecule has 0 spiro atoms. The Labute approximate surface area is 111 Å². The standard InChI is InChI=1S/C14H17ClN2O/c15-9-5-1-2-6-10-17-14(18)13-8-4-3-7-12(13)11-16-17/h3-4,7-8,11H,1-2,5-6,9-10H2. The molecule has 2 aromatic rings.